The van der Waals surface area contributed by atoms with Crippen LogP contribution >= 0.6 is 0 Å². The van der Waals surface area contributed by atoms with E-state index in [1.807, 2.05) is 12.1 Å². The van der Waals surface area contributed by atoms with Crippen LogP contribution in [0.25, 0.3) is 0 Å². The number of amides is 3. The molecule has 2 saturated heterocycles. The number of rotatable bonds is 4. The van der Waals surface area contributed by atoms with E-state index in [1.165, 1.54) is 12.8 Å². The van der Waals surface area contributed by atoms with E-state index in [9.17, 15) is 14.4 Å². The van der Waals surface area contributed by atoms with Gasteiger partial charge in [-0.15, -0.1) is 0 Å². The van der Waals surface area contributed by atoms with Gasteiger partial charge in [-0.25, -0.2) is 0 Å². The van der Waals surface area contributed by atoms with Crippen molar-refractivity contribution in [3.8, 4) is 0 Å². The molecule has 7 heteroatoms. The molecule has 5 rings (SSSR count). The first-order valence-corrected chi connectivity index (χ1v) is 9.78. The lowest BCUT2D eigenvalue weighted by Gasteiger charge is -2.45. The highest BCUT2D eigenvalue weighted by Gasteiger charge is 2.49. The predicted octanol–water partition coefficient (Wildman–Crippen LogP) is 0.289. The summed E-state index contributed by atoms with van der Waals surface area (Å²) in [6, 6.07) is 5.48. The van der Waals surface area contributed by atoms with Gasteiger partial charge in [0.25, 0.3) is 5.91 Å². The van der Waals surface area contributed by atoms with Gasteiger partial charge in [-0.2, -0.15) is 0 Å². The van der Waals surface area contributed by atoms with Crippen LogP contribution in [0.3, 0.4) is 0 Å². The smallest absolute Gasteiger partial charge is 0.255 e. The Balaban J connectivity index is 1.29. The van der Waals surface area contributed by atoms with Gasteiger partial charge in [0.05, 0.1) is 0 Å². The maximum atomic E-state index is 12.9. The molecule has 1 aromatic carbocycles. The van der Waals surface area contributed by atoms with Gasteiger partial charge in [0.1, 0.15) is 6.04 Å². The van der Waals surface area contributed by atoms with Gasteiger partial charge in [0, 0.05) is 37.2 Å². The van der Waals surface area contributed by atoms with Gasteiger partial charge < -0.3 is 15.5 Å². The van der Waals surface area contributed by atoms with Crippen LogP contribution in [0.4, 0.5) is 0 Å². The van der Waals surface area contributed by atoms with Crippen LogP contribution in [0.1, 0.15) is 47.2 Å². The Kier molecular flexibility index (Phi) is 3.84. The number of hydrogen-bond donors (Lipinski definition) is 3. The molecule has 0 bridgehead atoms. The van der Waals surface area contributed by atoms with E-state index in [0.29, 0.717) is 18.5 Å². The van der Waals surface area contributed by atoms with Crippen LogP contribution < -0.4 is 16.0 Å². The summed E-state index contributed by atoms with van der Waals surface area (Å²) in [4.78, 5) is 38.0. The number of imide groups is 1. The van der Waals surface area contributed by atoms with E-state index in [0.717, 1.165) is 36.7 Å². The summed E-state index contributed by atoms with van der Waals surface area (Å²) in [6.07, 6.45) is 3.17. The predicted molar refractivity (Wildman–Crippen MR) is 97.7 cm³/mol. The summed E-state index contributed by atoms with van der Waals surface area (Å²) in [5, 5.41) is 9.53. The summed E-state index contributed by atoms with van der Waals surface area (Å²) >= 11 is 0. The average Bonchev–Trinajstić information content (AvgIpc) is 3.11. The first kappa shape index (κ1) is 16.9. The first-order valence-electron chi connectivity index (χ1n) is 9.78. The molecule has 3 N–H and O–H groups in total. The number of nitrogens with zero attached hydrogens (tertiary/aromatic N) is 1. The molecule has 3 fully saturated rings. The van der Waals surface area contributed by atoms with Crippen molar-refractivity contribution in [3.05, 3.63) is 34.9 Å². The minimum absolute atomic E-state index is 0.108. The zero-order valence-corrected chi connectivity index (χ0v) is 15.2. The average molecular weight is 368 g/mol. The molecule has 3 aliphatic heterocycles. The molecule has 1 unspecified atom stereocenters. The summed E-state index contributed by atoms with van der Waals surface area (Å²) in [5.74, 6) is -0.0119. The Bertz CT molecular complexity index is 839. The van der Waals surface area contributed by atoms with Crippen LogP contribution in [0.5, 0.6) is 0 Å². The monoisotopic (exact) mass is 368 g/mol. The standard InChI is InChI=1S/C20H24N4O3/c25-17-4-3-16(18(26)23-17)24-10-13-2-1-12(7-15(13)19(24)27)8-22-20-6-5-14(20)9-21-11-20/h1-2,7,14,16,21-22H,3-6,8-11H2,(H,23,25,26)/t14-,16?,20-/m0/s1. The second-order valence-corrected chi connectivity index (χ2v) is 8.27. The number of hydrogen-bond acceptors (Lipinski definition) is 5. The van der Waals surface area contributed by atoms with Crippen molar-refractivity contribution >= 4 is 17.7 Å². The maximum absolute atomic E-state index is 12.9. The Morgan fingerprint density at radius 1 is 1.22 bits per heavy atom. The van der Waals surface area contributed by atoms with Gasteiger partial charge in [-0.05, 0) is 48.9 Å². The first-order chi connectivity index (χ1) is 13.1. The van der Waals surface area contributed by atoms with Crippen LogP contribution in [0.15, 0.2) is 18.2 Å². The molecule has 0 spiro atoms. The molecule has 1 aromatic rings. The van der Waals surface area contributed by atoms with E-state index in [1.54, 1.807) is 4.90 Å². The maximum Gasteiger partial charge on any atom is 0.255 e. The SMILES string of the molecule is O=C1CCC(N2Cc3ccc(CN[C@]45CC[C@H]4CNC5)cc3C2=O)C(=O)N1. The zero-order valence-electron chi connectivity index (χ0n) is 15.2. The van der Waals surface area contributed by atoms with Crippen molar-refractivity contribution in [2.45, 2.75) is 50.4 Å². The van der Waals surface area contributed by atoms with Crippen molar-refractivity contribution in [1.29, 1.82) is 0 Å². The molecule has 27 heavy (non-hydrogen) atoms. The van der Waals surface area contributed by atoms with Crippen molar-refractivity contribution in [1.82, 2.24) is 20.9 Å². The fraction of sp³-hybridized carbons (Fsp3) is 0.550. The highest BCUT2D eigenvalue weighted by atomic mass is 16.2. The topological polar surface area (TPSA) is 90.5 Å². The Hall–Kier alpha value is -2.25. The molecule has 1 saturated carbocycles. The third-order valence-corrected chi connectivity index (χ3v) is 6.79. The van der Waals surface area contributed by atoms with Crippen LogP contribution in [0, 0.1) is 5.92 Å². The summed E-state index contributed by atoms with van der Waals surface area (Å²) in [7, 11) is 0. The highest BCUT2D eigenvalue weighted by molar-refractivity contribution is 6.05. The zero-order chi connectivity index (χ0) is 18.6. The van der Waals surface area contributed by atoms with E-state index in [-0.39, 0.29) is 29.7 Å². The number of carbonyl (C=O) groups excluding carboxylic acids is 3. The molecular weight excluding hydrogens is 344 g/mol. The number of nitrogens with one attached hydrogen (secondary N) is 3. The molecule has 1 aliphatic carbocycles. The number of fused-ring (bicyclic) bond motifs is 2. The largest absolute Gasteiger partial charge is 0.322 e. The van der Waals surface area contributed by atoms with Crippen LogP contribution in [-0.2, 0) is 22.7 Å². The number of benzene rings is 1. The minimum atomic E-state index is -0.552. The second kappa shape index (κ2) is 6.14. The Morgan fingerprint density at radius 3 is 2.85 bits per heavy atom. The van der Waals surface area contributed by atoms with Crippen molar-refractivity contribution in [2.24, 2.45) is 5.92 Å². The third kappa shape index (κ3) is 2.68. The lowest BCUT2D eigenvalue weighted by molar-refractivity contribution is -0.136. The number of piperidine rings is 1. The minimum Gasteiger partial charge on any atom is -0.322 e. The molecular formula is C20H24N4O3. The summed E-state index contributed by atoms with van der Waals surface area (Å²) < 4.78 is 0. The van der Waals surface area contributed by atoms with E-state index < -0.39 is 6.04 Å². The fourth-order valence-electron chi connectivity index (χ4n) is 4.98. The third-order valence-electron chi connectivity index (χ3n) is 6.79. The normalized spacial score (nSPS) is 32.1. The molecule has 7 nitrogen and oxygen atoms in total. The van der Waals surface area contributed by atoms with Crippen LogP contribution in [0.2, 0.25) is 0 Å². The molecule has 3 atom stereocenters. The molecule has 3 heterocycles. The fourth-order valence-corrected chi connectivity index (χ4v) is 4.98. The molecule has 4 aliphatic rings. The molecule has 0 aromatic heterocycles. The van der Waals surface area contributed by atoms with Crippen LogP contribution in [-0.4, -0.2) is 47.3 Å². The second-order valence-electron chi connectivity index (χ2n) is 8.27. The van der Waals surface area contributed by atoms with Gasteiger partial charge in [0.15, 0.2) is 0 Å². The van der Waals surface area contributed by atoms with E-state index in [4.69, 9.17) is 0 Å². The van der Waals surface area contributed by atoms with Crippen molar-refractivity contribution in [2.75, 3.05) is 13.1 Å². The summed E-state index contributed by atoms with van der Waals surface area (Å²) in [5.41, 5.74) is 2.96. The highest BCUT2D eigenvalue weighted by Crippen LogP contribution is 2.41. The van der Waals surface area contributed by atoms with E-state index >= 15 is 0 Å². The van der Waals surface area contributed by atoms with Gasteiger partial charge in [-0.3, -0.25) is 19.7 Å². The van der Waals surface area contributed by atoms with E-state index in [2.05, 4.69) is 22.0 Å². The van der Waals surface area contributed by atoms with Gasteiger partial charge >= 0.3 is 0 Å². The molecule has 0 radical (unpaired) electrons. The Labute approximate surface area is 157 Å². The Morgan fingerprint density at radius 2 is 2.11 bits per heavy atom. The molecule has 142 valence electrons. The van der Waals surface area contributed by atoms with Crippen molar-refractivity contribution < 1.29 is 14.4 Å². The summed E-state index contributed by atoms with van der Waals surface area (Å²) in [6.45, 7) is 3.29. The number of carbonyl (C=O) groups is 3. The lowest BCUT2D eigenvalue weighted by atomic mass is 9.69. The quantitative estimate of drug-likeness (QED) is 0.665. The van der Waals surface area contributed by atoms with Crippen molar-refractivity contribution in [3.63, 3.8) is 0 Å². The van der Waals surface area contributed by atoms with Gasteiger partial charge in [0.2, 0.25) is 11.8 Å². The lowest BCUT2D eigenvalue weighted by Crippen LogP contribution is -2.57. The molecule has 3 amide bonds. The van der Waals surface area contributed by atoms with Gasteiger partial charge in [-0.1, -0.05) is 12.1 Å².